The van der Waals surface area contributed by atoms with Crippen LogP contribution in [-0.4, -0.2) is 17.3 Å². The molecule has 2 heteroatoms. The van der Waals surface area contributed by atoms with Gasteiger partial charge in [-0.25, -0.2) is 0 Å². The molecule has 0 spiro atoms. The molecule has 1 saturated carbocycles. The molecule has 0 atom stereocenters. The van der Waals surface area contributed by atoms with E-state index in [0.717, 1.165) is 38.1 Å². The second-order valence-corrected chi connectivity index (χ2v) is 5.94. The summed E-state index contributed by atoms with van der Waals surface area (Å²) in [4.78, 5) is 0. The first-order chi connectivity index (χ1) is 8.59. The van der Waals surface area contributed by atoms with Gasteiger partial charge >= 0.3 is 0 Å². The van der Waals surface area contributed by atoms with Gasteiger partial charge in [0.25, 0.3) is 0 Å². The van der Waals surface area contributed by atoms with Gasteiger partial charge in [-0.15, -0.1) is 0 Å². The van der Waals surface area contributed by atoms with E-state index in [2.05, 4.69) is 43.4 Å². The van der Waals surface area contributed by atoms with Gasteiger partial charge in [0.15, 0.2) is 0 Å². The molecule has 18 heavy (non-hydrogen) atoms. The Bertz CT molecular complexity index is 380. The Labute approximate surface area is 110 Å². The summed E-state index contributed by atoms with van der Waals surface area (Å²) in [5.41, 5.74) is 2.16. The highest BCUT2D eigenvalue weighted by molar-refractivity contribution is 5.25. The van der Waals surface area contributed by atoms with Crippen molar-refractivity contribution in [1.82, 2.24) is 5.32 Å². The summed E-state index contributed by atoms with van der Waals surface area (Å²) in [5.74, 6) is 0.779. The van der Waals surface area contributed by atoms with Crippen LogP contribution in [0.15, 0.2) is 24.3 Å². The van der Waals surface area contributed by atoms with Crippen molar-refractivity contribution in [2.75, 3.05) is 6.54 Å². The van der Waals surface area contributed by atoms with Crippen molar-refractivity contribution in [2.24, 2.45) is 5.92 Å². The molecule has 0 unspecified atom stereocenters. The lowest BCUT2D eigenvalue weighted by molar-refractivity contribution is -0.00631. The van der Waals surface area contributed by atoms with Gasteiger partial charge in [0.1, 0.15) is 0 Å². The van der Waals surface area contributed by atoms with Gasteiger partial charge in [-0.3, -0.25) is 0 Å². The summed E-state index contributed by atoms with van der Waals surface area (Å²) in [7, 11) is 0. The fraction of sp³-hybridized carbons (Fsp3) is 0.625. The van der Waals surface area contributed by atoms with Crippen LogP contribution in [0, 0.1) is 12.8 Å². The molecule has 0 heterocycles. The molecular formula is C16H25NO. The SMILES string of the molecule is Cc1ccccc1CNCC1(O)CCC(C)CC1. The summed E-state index contributed by atoms with van der Waals surface area (Å²) in [6.07, 6.45) is 4.19. The van der Waals surface area contributed by atoms with Crippen molar-refractivity contribution in [1.29, 1.82) is 0 Å². The summed E-state index contributed by atoms with van der Waals surface area (Å²) in [6, 6.07) is 8.42. The first kappa shape index (κ1) is 13.6. The number of hydrogen-bond donors (Lipinski definition) is 2. The fourth-order valence-electron chi connectivity index (χ4n) is 2.71. The molecule has 2 N–H and O–H groups in total. The minimum absolute atomic E-state index is 0.477. The van der Waals surface area contributed by atoms with Gasteiger partial charge in [-0.1, -0.05) is 31.2 Å². The van der Waals surface area contributed by atoms with E-state index in [9.17, 15) is 5.11 Å². The molecule has 0 bridgehead atoms. The third kappa shape index (κ3) is 3.56. The quantitative estimate of drug-likeness (QED) is 0.857. The molecule has 1 aliphatic rings. The van der Waals surface area contributed by atoms with Crippen LogP contribution < -0.4 is 5.32 Å². The summed E-state index contributed by atoms with van der Waals surface area (Å²) in [6.45, 7) is 5.98. The molecule has 100 valence electrons. The van der Waals surface area contributed by atoms with Crippen LogP contribution in [0.25, 0.3) is 0 Å². The Hall–Kier alpha value is -0.860. The molecule has 1 aromatic rings. The molecule has 2 rings (SSSR count). The first-order valence-electron chi connectivity index (χ1n) is 7.07. The molecule has 1 fully saturated rings. The predicted octanol–water partition coefficient (Wildman–Crippen LogP) is 3.03. The zero-order valence-electron chi connectivity index (χ0n) is 11.6. The van der Waals surface area contributed by atoms with Gasteiger partial charge in [-0.2, -0.15) is 0 Å². The normalized spacial score (nSPS) is 28.3. The zero-order valence-corrected chi connectivity index (χ0v) is 11.6. The number of rotatable bonds is 4. The molecule has 0 aliphatic heterocycles. The van der Waals surface area contributed by atoms with Crippen molar-refractivity contribution in [3.8, 4) is 0 Å². The van der Waals surface area contributed by atoms with Crippen molar-refractivity contribution in [2.45, 2.75) is 51.7 Å². The van der Waals surface area contributed by atoms with Crippen LogP contribution in [0.1, 0.15) is 43.7 Å². The maximum Gasteiger partial charge on any atom is 0.0771 e. The highest BCUT2D eigenvalue weighted by Gasteiger charge is 2.31. The minimum atomic E-state index is -0.477. The lowest BCUT2D eigenvalue weighted by atomic mass is 9.79. The average molecular weight is 247 g/mol. The molecule has 0 saturated heterocycles. The number of aryl methyl sites for hydroxylation is 1. The monoisotopic (exact) mass is 247 g/mol. The predicted molar refractivity (Wildman–Crippen MR) is 75.5 cm³/mol. The van der Waals surface area contributed by atoms with E-state index in [0.29, 0.717) is 6.54 Å². The molecule has 2 nitrogen and oxygen atoms in total. The smallest absolute Gasteiger partial charge is 0.0771 e. The van der Waals surface area contributed by atoms with Gasteiger partial charge < -0.3 is 10.4 Å². The highest BCUT2D eigenvalue weighted by atomic mass is 16.3. The van der Waals surface area contributed by atoms with Crippen molar-refractivity contribution >= 4 is 0 Å². The Morgan fingerprint density at radius 3 is 2.61 bits per heavy atom. The van der Waals surface area contributed by atoms with Crippen LogP contribution in [0.4, 0.5) is 0 Å². The summed E-state index contributed by atoms with van der Waals surface area (Å²) >= 11 is 0. The lowest BCUT2D eigenvalue weighted by Crippen LogP contribution is -2.43. The van der Waals surface area contributed by atoms with Crippen LogP contribution >= 0.6 is 0 Å². The van der Waals surface area contributed by atoms with E-state index in [1.807, 2.05) is 0 Å². The minimum Gasteiger partial charge on any atom is -0.389 e. The van der Waals surface area contributed by atoms with Crippen LogP contribution in [-0.2, 0) is 6.54 Å². The Kier molecular flexibility index (Phi) is 4.41. The topological polar surface area (TPSA) is 32.3 Å². The van der Waals surface area contributed by atoms with Crippen molar-refractivity contribution in [3.05, 3.63) is 35.4 Å². The van der Waals surface area contributed by atoms with E-state index in [1.165, 1.54) is 11.1 Å². The Balaban J connectivity index is 1.80. The third-order valence-corrected chi connectivity index (χ3v) is 4.24. The second-order valence-electron chi connectivity index (χ2n) is 5.94. The van der Waals surface area contributed by atoms with E-state index in [-0.39, 0.29) is 0 Å². The number of nitrogens with one attached hydrogen (secondary N) is 1. The molecule has 0 aromatic heterocycles. The molecule has 0 amide bonds. The molecule has 1 aliphatic carbocycles. The van der Waals surface area contributed by atoms with Crippen LogP contribution in [0.5, 0.6) is 0 Å². The maximum atomic E-state index is 10.5. The van der Waals surface area contributed by atoms with Gasteiger partial charge in [0, 0.05) is 13.1 Å². The van der Waals surface area contributed by atoms with E-state index in [1.54, 1.807) is 0 Å². The largest absolute Gasteiger partial charge is 0.389 e. The number of aliphatic hydroxyl groups is 1. The van der Waals surface area contributed by atoms with Crippen LogP contribution in [0.3, 0.4) is 0 Å². The highest BCUT2D eigenvalue weighted by Crippen LogP contribution is 2.31. The Morgan fingerprint density at radius 1 is 1.28 bits per heavy atom. The van der Waals surface area contributed by atoms with E-state index < -0.39 is 5.60 Å². The van der Waals surface area contributed by atoms with Gasteiger partial charge in [0.2, 0.25) is 0 Å². The number of hydrogen-bond acceptors (Lipinski definition) is 2. The molecule has 1 aromatic carbocycles. The van der Waals surface area contributed by atoms with Crippen LogP contribution in [0.2, 0.25) is 0 Å². The maximum absolute atomic E-state index is 10.5. The first-order valence-corrected chi connectivity index (χ1v) is 7.07. The van der Waals surface area contributed by atoms with Gasteiger partial charge in [-0.05, 0) is 49.7 Å². The number of benzene rings is 1. The van der Waals surface area contributed by atoms with E-state index >= 15 is 0 Å². The third-order valence-electron chi connectivity index (χ3n) is 4.24. The summed E-state index contributed by atoms with van der Waals surface area (Å²) in [5, 5.41) is 13.9. The average Bonchev–Trinajstić information content (AvgIpc) is 2.36. The van der Waals surface area contributed by atoms with Crippen molar-refractivity contribution < 1.29 is 5.11 Å². The molecule has 0 radical (unpaired) electrons. The standard InChI is InChI=1S/C16H25NO/c1-13-7-9-16(18,10-8-13)12-17-11-15-6-4-3-5-14(15)2/h3-6,13,17-18H,7-12H2,1-2H3. The Morgan fingerprint density at radius 2 is 1.94 bits per heavy atom. The van der Waals surface area contributed by atoms with Gasteiger partial charge in [0.05, 0.1) is 5.60 Å². The van der Waals surface area contributed by atoms with Crippen molar-refractivity contribution in [3.63, 3.8) is 0 Å². The lowest BCUT2D eigenvalue weighted by Gasteiger charge is -2.35. The second kappa shape index (κ2) is 5.85. The summed E-state index contributed by atoms with van der Waals surface area (Å²) < 4.78 is 0. The fourth-order valence-corrected chi connectivity index (χ4v) is 2.71. The molecular weight excluding hydrogens is 222 g/mol. The zero-order chi connectivity index (χ0) is 13.0. The van der Waals surface area contributed by atoms with E-state index in [4.69, 9.17) is 0 Å².